The molecule has 0 saturated heterocycles. The summed E-state index contributed by atoms with van der Waals surface area (Å²) in [5.74, 6) is 0.978. The summed E-state index contributed by atoms with van der Waals surface area (Å²) < 4.78 is 13.6. The second-order valence-electron chi connectivity index (χ2n) is 12.3. The number of aromatic nitrogens is 1. The van der Waals surface area contributed by atoms with Crippen molar-refractivity contribution in [1.29, 1.82) is 0 Å². The molecule has 1 atom stereocenters. The Labute approximate surface area is 240 Å². The van der Waals surface area contributed by atoms with Crippen LogP contribution in [0.15, 0.2) is 34.5 Å². The maximum Gasteiger partial charge on any atom is 0.254 e. The summed E-state index contributed by atoms with van der Waals surface area (Å²) in [6, 6.07) is 0.586. The highest BCUT2D eigenvalue weighted by Crippen LogP contribution is 2.55. The molecule has 1 fully saturated rings. The number of rotatable bonds is 5. The van der Waals surface area contributed by atoms with Crippen molar-refractivity contribution in [2.75, 3.05) is 27.2 Å². The lowest BCUT2D eigenvalue weighted by molar-refractivity contribution is -0.123. The molecule has 1 aromatic heterocycles. The fraction of sp³-hybridized carbons (Fsp3) is 0.531. The fourth-order valence-corrected chi connectivity index (χ4v) is 7.79. The molecule has 0 N–H and O–H groups in total. The molecule has 2 aliphatic carbocycles. The number of nitrogens with zero attached hydrogens (tertiary/aromatic N) is 3. The van der Waals surface area contributed by atoms with E-state index < -0.39 is 5.79 Å². The quantitative estimate of drug-likeness (QED) is 0.449. The van der Waals surface area contributed by atoms with Crippen molar-refractivity contribution in [2.24, 2.45) is 5.92 Å². The third-order valence-corrected chi connectivity index (χ3v) is 10.2. The maximum atomic E-state index is 14.1. The number of carbonyl (C=O) groups is 2. The molecule has 1 amide bonds. The summed E-state index contributed by atoms with van der Waals surface area (Å²) in [6.07, 6.45) is 9.33. The maximum absolute atomic E-state index is 14.1. The van der Waals surface area contributed by atoms with E-state index in [1.54, 1.807) is 11.3 Å². The number of ketones is 1. The predicted molar refractivity (Wildman–Crippen MR) is 157 cm³/mol. The number of Topliss-reactive ketones (excluding diaryl/α,β-unsaturated/α-hetero) is 1. The molecule has 7 nitrogen and oxygen atoms in total. The normalized spacial score (nSPS) is 26.5. The molecule has 212 valence electrons. The minimum absolute atomic E-state index is 0.0459. The van der Waals surface area contributed by atoms with Gasteiger partial charge in [-0.05, 0) is 78.1 Å². The van der Waals surface area contributed by atoms with Crippen molar-refractivity contribution in [3.8, 4) is 21.9 Å². The number of carbonyl (C=O) groups excluding carboxylic acids is 2. The molecule has 40 heavy (non-hydrogen) atoms. The van der Waals surface area contributed by atoms with Crippen LogP contribution in [0.1, 0.15) is 74.4 Å². The van der Waals surface area contributed by atoms with Crippen LogP contribution in [0.2, 0.25) is 0 Å². The predicted octanol–water partition coefficient (Wildman–Crippen LogP) is 5.96. The minimum atomic E-state index is -0.781. The van der Waals surface area contributed by atoms with Crippen molar-refractivity contribution in [1.82, 2.24) is 14.8 Å². The molecule has 8 heteroatoms. The molecular weight excluding hydrogens is 522 g/mol. The first-order valence-electron chi connectivity index (χ1n) is 14.4. The van der Waals surface area contributed by atoms with E-state index in [0.717, 1.165) is 69.7 Å². The van der Waals surface area contributed by atoms with Crippen LogP contribution < -0.4 is 9.47 Å². The molecule has 2 aromatic rings. The SMILES string of the molecule is CC1=CC(C)=C(CN2CCc3c(c(C)c4c(c3-c3cncs3)OC(C)(C3CCC(N(C)C)CC3)O4)C2=O)C(=O)C1. The molecule has 0 spiro atoms. The number of ether oxygens (including phenoxy) is 2. The van der Waals surface area contributed by atoms with Crippen molar-refractivity contribution >= 4 is 23.0 Å². The Bertz CT molecular complexity index is 1430. The first kappa shape index (κ1) is 27.2. The Balaban J connectivity index is 1.37. The van der Waals surface area contributed by atoms with E-state index in [1.165, 1.54) is 0 Å². The van der Waals surface area contributed by atoms with Crippen LogP contribution >= 0.6 is 11.3 Å². The van der Waals surface area contributed by atoms with E-state index in [-0.39, 0.29) is 17.6 Å². The van der Waals surface area contributed by atoms with Gasteiger partial charge in [-0.25, -0.2) is 0 Å². The molecule has 1 unspecified atom stereocenters. The third kappa shape index (κ3) is 4.49. The highest BCUT2D eigenvalue weighted by Gasteiger charge is 2.49. The summed E-state index contributed by atoms with van der Waals surface area (Å²) in [7, 11) is 4.31. The molecule has 0 radical (unpaired) electrons. The molecule has 6 rings (SSSR count). The molecule has 2 aliphatic heterocycles. The average Bonchev–Trinajstić information content (AvgIpc) is 3.56. The fourth-order valence-electron chi connectivity index (χ4n) is 7.10. The number of fused-ring (bicyclic) bond motifs is 2. The molecule has 1 aromatic carbocycles. The number of hydrogen-bond donors (Lipinski definition) is 0. The van der Waals surface area contributed by atoms with E-state index in [9.17, 15) is 9.59 Å². The lowest BCUT2D eigenvalue weighted by Gasteiger charge is -2.39. The molecule has 4 aliphatic rings. The third-order valence-electron chi connectivity index (χ3n) is 9.41. The van der Waals surface area contributed by atoms with Crippen molar-refractivity contribution in [2.45, 2.75) is 78.0 Å². The lowest BCUT2D eigenvalue weighted by atomic mass is 9.81. The van der Waals surface area contributed by atoms with Gasteiger partial charge >= 0.3 is 0 Å². The average molecular weight is 562 g/mol. The Hall–Kier alpha value is -2.97. The number of benzene rings is 1. The van der Waals surface area contributed by atoms with E-state index in [4.69, 9.17) is 9.47 Å². The van der Waals surface area contributed by atoms with Crippen molar-refractivity contribution in [3.05, 3.63) is 51.2 Å². The molecule has 3 heterocycles. The van der Waals surface area contributed by atoms with E-state index >= 15 is 0 Å². The van der Waals surface area contributed by atoms with Gasteiger partial charge in [-0.2, -0.15) is 0 Å². The summed E-state index contributed by atoms with van der Waals surface area (Å²) in [4.78, 5) is 36.5. The van der Waals surface area contributed by atoms with E-state index in [0.29, 0.717) is 43.3 Å². The summed E-state index contributed by atoms with van der Waals surface area (Å²) >= 11 is 1.56. The van der Waals surface area contributed by atoms with E-state index in [1.807, 2.05) is 37.4 Å². The van der Waals surface area contributed by atoms with Crippen molar-refractivity contribution < 1.29 is 19.1 Å². The zero-order valence-corrected chi connectivity index (χ0v) is 25.2. The van der Waals surface area contributed by atoms with Gasteiger partial charge in [-0.1, -0.05) is 11.6 Å². The smallest absolute Gasteiger partial charge is 0.254 e. The van der Waals surface area contributed by atoms with Crippen LogP contribution in [0.5, 0.6) is 11.5 Å². The van der Waals surface area contributed by atoms with Gasteiger partial charge in [0.15, 0.2) is 17.3 Å². The van der Waals surface area contributed by atoms with Crippen LogP contribution in [-0.4, -0.2) is 65.5 Å². The van der Waals surface area contributed by atoms with Crippen LogP contribution in [0.3, 0.4) is 0 Å². The van der Waals surface area contributed by atoms with Gasteiger partial charge in [0.2, 0.25) is 0 Å². The number of thiazole rings is 1. The van der Waals surface area contributed by atoms with E-state index in [2.05, 4.69) is 37.0 Å². The zero-order valence-electron chi connectivity index (χ0n) is 24.4. The van der Waals surface area contributed by atoms with Gasteiger partial charge < -0.3 is 19.3 Å². The highest BCUT2D eigenvalue weighted by atomic mass is 32.1. The first-order chi connectivity index (χ1) is 19.1. The Morgan fingerprint density at radius 3 is 2.45 bits per heavy atom. The van der Waals surface area contributed by atoms with Crippen molar-refractivity contribution in [3.63, 3.8) is 0 Å². The highest BCUT2D eigenvalue weighted by molar-refractivity contribution is 7.13. The Morgan fingerprint density at radius 2 is 1.80 bits per heavy atom. The van der Waals surface area contributed by atoms with Gasteiger partial charge in [-0.3, -0.25) is 14.6 Å². The Morgan fingerprint density at radius 1 is 1.07 bits per heavy atom. The largest absolute Gasteiger partial charge is 0.448 e. The number of hydrogen-bond acceptors (Lipinski definition) is 7. The van der Waals surface area contributed by atoms with Crippen LogP contribution in [0.25, 0.3) is 10.4 Å². The number of amides is 1. The van der Waals surface area contributed by atoms with Gasteiger partial charge in [-0.15, -0.1) is 11.3 Å². The lowest BCUT2D eigenvalue weighted by Crippen LogP contribution is -2.46. The number of allylic oxidation sites excluding steroid dienone is 3. The van der Waals surface area contributed by atoms with Gasteiger partial charge in [0.1, 0.15) is 0 Å². The van der Waals surface area contributed by atoms with Gasteiger partial charge in [0.25, 0.3) is 11.7 Å². The second kappa shape index (κ2) is 10.1. The Kier molecular flexibility index (Phi) is 6.90. The summed E-state index contributed by atoms with van der Waals surface area (Å²) in [5.41, 5.74) is 8.05. The summed E-state index contributed by atoms with van der Waals surface area (Å²) in [6.45, 7) is 8.88. The first-order valence-corrected chi connectivity index (χ1v) is 15.3. The van der Waals surface area contributed by atoms with Gasteiger partial charge in [0, 0.05) is 61.3 Å². The van der Waals surface area contributed by atoms with Crippen LogP contribution in [0, 0.1) is 12.8 Å². The zero-order chi connectivity index (χ0) is 28.3. The standard InChI is InChI=1S/C32H39N3O4S/c1-18-13-19(2)24(25(36)14-18)16-35-12-11-23-27(31(35)37)20(3)29-30(28(23)26-15-33-17-40-26)39-32(4,38-29)21-7-9-22(10-8-21)34(5)6/h13,15,17,21-22H,7-12,14,16H2,1-6H3. The second-order valence-corrected chi connectivity index (χ2v) is 13.2. The van der Waals surface area contributed by atoms with Crippen LogP contribution in [-0.2, 0) is 11.2 Å². The van der Waals surface area contributed by atoms with Crippen LogP contribution in [0.4, 0.5) is 0 Å². The van der Waals surface area contributed by atoms with Gasteiger partial charge in [0.05, 0.1) is 16.0 Å². The molecular formula is C32H39N3O4S. The molecule has 0 bridgehead atoms. The monoisotopic (exact) mass is 561 g/mol. The molecule has 1 saturated carbocycles. The summed E-state index contributed by atoms with van der Waals surface area (Å²) in [5, 5.41) is 0. The topological polar surface area (TPSA) is 72.0 Å². The minimum Gasteiger partial charge on any atom is -0.448 e.